The average Bonchev–Trinajstić information content (AvgIpc) is 3.10. The zero-order valence-corrected chi connectivity index (χ0v) is 34.0. The van der Waals surface area contributed by atoms with Crippen LogP contribution >= 0.6 is 0 Å². The van der Waals surface area contributed by atoms with Gasteiger partial charge in [-0.1, -0.05) is 220 Å². The van der Waals surface area contributed by atoms with Crippen molar-refractivity contribution in [3.63, 3.8) is 0 Å². The molecule has 0 atom stereocenters. The monoisotopic (exact) mass is 679 g/mol. The summed E-state index contributed by atoms with van der Waals surface area (Å²) in [6.07, 6.45) is 49.4. The van der Waals surface area contributed by atoms with Crippen LogP contribution in [0.1, 0.15) is 245 Å². The van der Waals surface area contributed by atoms with Gasteiger partial charge in [-0.05, 0) is 45.3 Å². The predicted molar refractivity (Wildman–Crippen MR) is 219 cm³/mol. The van der Waals surface area contributed by atoms with Crippen molar-refractivity contribution in [3.8, 4) is 0 Å². The third-order valence-electron chi connectivity index (χ3n) is 10.8. The minimum Gasteiger partial charge on any atom is -0.396 e. The Labute approximate surface area is 305 Å². The molecule has 0 spiro atoms. The Hall–Kier alpha value is -0.120. The Bertz CT molecular complexity index is 527. The van der Waals surface area contributed by atoms with Crippen LogP contribution in [0, 0.1) is 0 Å². The molecule has 3 heteroatoms. The smallest absolute Gasteiger partial charge is 0.0443 e. The number of hydrogen-bond donors (Lipinski definition) is 1. The van der Waals surface area contributed by atoms with E-state index in [0.717, 1.165) is 13.0 Å². The molecule has 0 saturated heterocycles. The summed E-state index contributed by atoms with van der Waals surface area (Å²) in [5.41, 5.74) is 0. The molecular weight excluding hydrogens is 585 g/mol. The first kappa shape index (κ1) is 47.9. The van der Waals surface area contributed by atoms with Crippen LogP contribution < -0.4 is 0 Å². The molecule has 3 nitrogen and oxygen atoms in total. The van der Waals surface area contributed by atoms with E-state index in [4.69, 9.17) is 0 Å². The lowest BCUT2D eigenvalue weighted by atomic mass is 10.0. The topological polar surface area (TPSA) is 26.7 Å². The van der Waals surface area contributed by atoms with Gasteiger partial charge >= 0.3 is 0 Å². The Morgan fingerprint density at radius 1 is 0.229 bits per heavy atom. The SMILES string of the molecule is CCCCCCCCCCCCCCN(CCCCCCCCCCCCCC)CCN(CCCO)CCCCCCCCCCCC. The molecule has 0 fully saturated rings. The molecule has 0 aliphatic heterocycles. The third-order valence-corrected chi connectivity index (χ3v) is 10.8. The molecule has 0 unspecified atom stereocenters. The van der Waals surface area contributed by atoms with E-state index in [1.165, 1.54) is 251 Å². The molecular formula is C45H94N2O. The number of aliphatic hydroxyl groups is 1. The van der Waals surface area contributed by atoms with Gasteiger partial charge in [-0.2, -0.15) is 0 Å². The maximum Gasteiger partial charge on any atom is 0.0443 e. The highest BCUT2D eigenvalue weighted by Gasteiger charge is 2.10. The summed E-state index contributed by atoms with van der Waals surface area (Å²) in [6.45, 7) is 14.5. The minimum atomic E-state index is 0.329. The molecule has 0 rings (SSSR count). The van der Waals surface area contributed by atoms with E-state index in [9.17, 15) is 5.11 Å². The van der Waals surface area contributed by atoms with E-state index in [-0.39, 0.29) is 0 Å². The number of unbranched alkanes of at least 4 members (excludes halogenated alkanes) is 31. The summed E-state index contributed by atoms with van der Waals surface area (Å²) in [7, 11) is 0. The van der Waals surface area contributed by atoms with E-state index in [2.05, 4.69) is 30.6 Å². The van der Waals surface area contributed by atoms with Crippen molar-refractivity contribution in [2.75, 3.05) is 45.9 Å². The molecule has 0 aromatic rings. The number of nitrogens with zero attached hydrogens (tertiary/aromatic N) is 2. The molecule has 0 aliphatic carbocycles. The largest absolute Gasteiger partial charge is 0.396 e. The van der Waals surface area contributed by atoms with E-state index in [1.807, 2.05) is 0 Å². The lowest BCUT2D eigenvalue weighted by Crippen LogP contribution is -2.37. The molecule has 0 heterocycles. The number of aliphatic hydroxyl groups excluding tert-OH is 1. The van der Waals surface area contributed by atoms with Crippen LogP contribution in [0.5, 0.6) is 0 Å². The van der Waals surface area contributed by atoms with Crippen molar-refractivity contribution in [2.24, 2.45) is 0 Å². The minimum absolute atomic E-state index is 0.329. The van der Waals surface area contributed by atoms with Gasteiger partial charge in [0.25, 0.3) is 0 Å². The normalized spacial score (nSPS) is 11.9. The van der Waals surface area contributed by atoms with E-state index in [0.29, 0.717) is 6.61 Å². The average molecular weight is 679 g/mol. The lowest BCUT2D eigenvalue weighted by Gasteiger charge is -2.28. The summed E-state index contributed by atoms with van der Waals surface area (Å²) in [5, 5.41) is 9.56. The quantitative estimate of drug-likeness (QED) is 0.0650. The first-order valence-electron chi connectivity index (χ1n) is 22.8. The van der Waals surface area contributed by atoms with Crippen LogP contribution in [-0.2, 0) is 0 Å². The molecule has 0 aliphatic rings. The second-order valence-electron chi connectivity index (χ2n) is 15.7. The summed E-state index contributed by atoms with van der Waals surface area (Å²) in [5.74, 6) is 0. The van der Waals surface area contributed by atoms with Gasteiger partial charge in [0.05, 0.1) is 0 Å². The first-order valence-corrected chi connectivity index (χ1v) is 22.8. The maximum absolute atomic E-state index is 9.56. The van der Waals surface area contributed by atoms with Crippen molar-refractivity contribution < 1.29 is 5.11 Å². The fourth-order valence-corrected chi connectivity index (χ4v) is 7.42. The molecule has 48 heavy (non-hydrogen) atoms. The number of rotatable bonds is 43. The van der Waals surface area contributed by atoms with Crippen LogP contribution in [0.2, 0.25) is 0 Å². The van der Waals surface area contributed by atoms with Crippen molar-refractivity contribution in [1.29, 1.82) is 0 Å². The molecule has 0 aromatic heterocycles. The Kier molecular flexibility index (Phi) is 42.9. The highest BCUT2D eigenvalue weighted by Crippen LogP contribution is 2.15. The van der Waals surface area contributed by atoms with E-state index >= 15 is 0 Å². The van der Waals surface area contributed by atoms with Gasteiger partial charge in [-0.3, -0.25) is 0 Å². The maximum atomic E-state index is 9.56. The first-order chi connectivity index (χ1) is 23.8. The Balaban J connectivity index is 4.35. The van der Waals surface area contributed by atoms with Crippen molar-refractivity contribution in [2.45, 2.75) is 245 Å². The second kappa shape index (κ2) is 43.0. The molecule has 1 N–H and O–H groups in total. The summed E-state index contributed by atoms with van der Waals surface area (Å²) in [6, 6.07) is 0. The third kappa shape index (κ3) is 38.7. The molecule has 0 radical (unpaired) electrons. The molecule has 0 amide bonds. The zero-order valence-electron chi connectivity index (χ0n) is 34.0. The van der Waals surface area contributed by atoms with Crippen LogP contribution in [0.3, 0.4) is 0 Å². The zero-order chi connectivity index (χ0) is 34.9. The number of hydrogen-bond acceptors (Lipinski definition) is 3. The standard InChI is InChI=1S/C45H94N2O/c1-4-7-10-13-16-19-22-24-27-30-32-35-39-46(40-36-33-31-28-25-23-20-17-14-11-8-5-2)43-44-47(42-38-45-48)41-37-34-29-26-21-18-15-12-9-6-3/h48H,4-45H2,1-3H3. The molecule has 0 saturated carbocycles. The van der Waals surface area contributed by atoms with Gasteiger partial charge in [0.2, 0.25) is 0 Å². The summed E-state index contributed by atoms with van der Waals surface area (Å²) < 4.78 is 0. The lowest BCUT2D eigenvalue weighted by molar-refractivity contribution is 0.181. The van der Waals surface area contributed by atoms with E-state index < -0.39 is 0 Å². The van der Waals surface area contributed by atoms with Crippen LogP contribution in [-0.4, -0.2) is 60.8 Å². The van der Waals surface area contributed by atoms with Gasteiger partial charge < -0.3 is 14.9 Å². The van der Waals surface area contributed by atoms with Crippen molar-refractivity contribution >= 4 is 0 Å². The van der Waals surface area contributed by atoms with Gasteiger partial charge in [-0.15, -0.1) is 0 Å². The molecule has 290 valence electrons. The molecule has 0 bridgehead atoms. The summed E-state index contributed by atoms with van der Waals surface area (Å²) >= 11 is 0. The van der Waals surface area contributed by atoms with Gasteiger partial charge in [0.1, 0.15) is 0 Å². The fraction of sp³-hybridized carbons (Fsp3) is 1.00. The van der Waals surface area contributed by atoms with E-state index in [1.54, 1.807) is 0 Å². The highest BCUT2D eigenvalue weighted by atomic mass is 16.3. The van der Waals surface area contributed by atoms with Crippen LogP contribution in [0.15, 0.2) is 0 Å². The van der Waals surface area contributed by atoms with Crippen LogP contribution in [0.4, 0.5) is 0 Å². The van der Waals surface area contributed by atoms with Gasteiger partial charge in [0.15, 0.2) is 0 Å². The highest BCUT2D eigenvalue weighted by molar-refractivity contribution is 4.66. The fourth-order valence-electron chi connectivity index (χ4n) is 7.42. The second-order valence-corrected chi connectivity index (χ2v) is 15.7. The summed E-state index contributed by atoms with van der Waals surface area (Å²) in [4.78, 5) is 5.50. The van der Waals surface area contributed by atoms with Crippen molar-refractivity contribution in [1.82, 2.24) is 9.80 Å². The van der Waals surface area contributed by atoms with Gasteiger partial charge in [0, 0.05) is 26.2 Å². The molecule has 0 aromatic carbocycles. The Morgan fingerprint density at radius 2 is 0.417 bits per heavy atom. The predicted octanol–water partition coefficient (Wildman–Crippen LogP) is 14.3. The van der Waals surface area contributed by atoms with Gasteiger partial charge in [-0.25, -0.2) is 0 Å². The Morgan fingerprint density at radius 3 is 0.625 bits per heavy atom. The van der Waals surface area contributed by atoms with Crippen molar-refractivity contribution in [3.05, 3.63) is 0 Å². The van der Waals surface area contributed by atoms with Crippen LogP contribution in [0.25, 0.3) is 0 Å².